The molecule has 7 heteroatoms. The lowest BCUT2D eigenvalue weighted by atomic mass is 10.2. The molecule has 2 rings (SSSR count). The first-order valence-corrected chi connectivity index (χ1v) is 7.71. The Kier molecular flexibility index (Phi) is 6.33. The molecule has 25 heavy (non-hydrogen) atoms. The molecule has 132 valence electrons. The normalized spacial score (nSPS) is 10.0. The lowest BCUT2D eigenvalue weighted by Crippen LogP contribution is -2.39. The van der Waals surface area contributed by atoms with E-state index in [1.54, 1.807) is 43.8 Å². The summed E-state index contributed by atoms with van der Waals surface area (Å²) in [6.45, 7) is 1.63. The third kappa shape index (κ3) is 4.94. The Morgan fingerprint density at radius 2 is 2.00 bits per heavy atom. The summed E-state index contributed by atoms with van der Waals surface area (Å²) in [6, 6.07) is 8.72. The molecule has 1 aromatic carbocycles. The molecule has 0 saturated heterocycles. The average Bonchev–Trinajstić information content (AvgIpc) is 2.64. The molecule has 0 saturated carbocycles. The third-order valence-corrected chi connectivity index (χ3v) is 3.57. The van der Waals surface area contributed by atoms with Crippen LogP contribution in [0, 0.1) is 0 Å². The minimum Gasteiger partial charge on any atom is -0.497 e. The van der Waals surface area contributed by atoms with Gasteiger partial charge < -0.3 is 14.8 Å². The van der Waals surface area contributed by atoms with E-state index in [0.29, 0.717) is 23.7 Å². The number of nitrogens with one attached hydrogen (secondary N) is 1. The van der Waals surface area contributed by atoms with Crippen molar-refractivity contribution in [1.29, 1.82) is 0 Å². The molecule has 0 radical (unpaired) electrons. The Morgan fingerprint density at radius 3 is 2.60 bits per heavy atom. The maximum Gasteiger partial charge on any atom is 0.240 e. The third-order valence-electron chi connectivity index (χ3n) is 3.57. The van der Waals surface area contributed by atoms with Crippen LogP contribution in [0.3, 0.4) is 0 Å². The van der Waals surface area contributed by atoms with Crippen molar-refractivity contribution < 1.29 is 19.1 Å². The highest BCUT2D eigenvalue weighted by atomic mass is 16.5. The van der Waals surface area contributed by atoms with Gasteiger partial charge in [0.15, 0.2) is 0 Å². The zero-order valence-corrected chi connectivity index (χ0v) is 14.5. The molecule has 1 N–H and O–H groups in total. The van der Waals surface area contributed by atoms with Crippen molar-refractivity contribution in [3.05, 3.63) is 48.3 Å². The summed E-state index contributed by atoms with van der Waals surface area (Å²) in [5, 5.41) is 2.78. The highest BCUT2D eigenvalue weighted by Crippen LogP contribution is 2.32. The second kappa shape index (κ2) is 8.68. The van der Waals surface area contributed by atoms with Crippen molar-refractivity contribution in [3.63, 3.8) is 0 Å². The molecule has 1 aromatic heterocycles. The second-order valence-electron chi connectivity index (χ2n) is 5.28. The number of methoxy groups -OCH3 is 2. The zero-order valence-electron chi connectivity index (χ0n) is 14.5. The van der Waals surface area contributed by atoms with E-state index in [2.05, 4.69) is 10.3 Å². The summed E-state index contributed by atoms with van der Waals surface area (Å²) in [5.41, 5.74) is 1.39. The van der Waals surface area contributed by atoms with Gasteiger partial charge in [-0.1, -0.05) is 6.07 Å². The van der Waals surface area contributed by atoms with Crippen LogP contribution >= 0.6 is 0 Å². The van der Waals surface area contributed by atoms with E-state index in [1.807, 2.05) is 6.07 Å². The molecule has 0 bridgehead atoms. The summed E-state index contributed by atoms with van der Waals surface area (Å²) in [5.74, 6) is 0.511. The minimum absolute atomic E-state index is 0.113. The Hall–Kier alpha value is -3.09. The number of amides is 2. The number of pyridine rings is 1. The monoisotopic (exact) mass is 343 g/mol. The van der Waals surface area contributed by atoms with Gasteiger partial charge in [-0.3, -0.25) is 19.5 Å². The molecule has 0 fully saturated rings. The van der Waals surface area contributed by atoms with Gasteiger partial charge in [-0.05, 0) is 23.8 Å². The number of anilines is 1. The van der Waals surface area contributed by atoms with Crippen molar-refractivity contribution in [3.8, 4) is 11.5 Å². The number of hydrogen-bond donors (Lipinski definition) is 1. The summed E-state index contributed by atoms with van der Waals surface area (Å²) in [7, 11) is 3.04. The summed E-state index contributed by atoms with van der Waals surface area (Å²) in [4.78, 5) is 29.6. The van der Waals surface area contributed by atoms with Gasteiger partial charge >= 0.3 is 0 Å². The van der Waals surface area contributed by atoms with Gasteiger partial charge in [0.05, 0.1) is 19.9 Å². The number of hydrogen-bond acceptors (Lipinski definition) is 5. The number of rotatable bonds is 7. The van der Waals surface area contributed by atoms with Gasteiger partial charge in [0.25, 0.3) is 0 Å². The van der Waals surface area contributed by atoms with Gasteiger partial charge in [0.2, 0.25) is 11.8 Å². The molecule has 0 spiro atoms. The van der Waals surface area contributed by atoms with Crippen LogP contribution in [0.5, 0.6) is 11.5 Å². The Labute approximate surface area is 146 Å². The van der Waals surface area contributed by atoms with E-state index in [9.17, 15) is 9.59 Å². The lowest BCUT2D eigenvalue weighted by Gasteiger charge is -2.23. The van der Waals surface area contributed by atoms with Crippen LogP contribution < -0.4 is 19.7 Å². The van der Waals surface area contributed by atoms with E-state index in [4.69, 9.17) is 9.47 Å². The number of nitrogens with zero attached hydrogens (tertiary/aromatic N) is 2. The number of carbonyl (C=O) groups is 2. The Morgan fingerprint density at radius 1 is 1.20 bits per heavy atom. The van der Waals surface area contributed by atoms with Crippen LogP contribution in [0.15, 0.2) is 42.7 Å². The van der Waals surface area contributed by atoms with Crippen LogP contribution in [-0.4, -0.2) is 37.6 Å². The van der Waals surface area contributed by atoms with E-state index in [1.165, 1.54) is 18.9 Å². The van der Waals surface area contributed by atoms with E-state index >= 15 is 0 Å². The van der Waals surface area contributed by atoms with Crippen molar-refractivity contribution in [2.75, 3.05) is 25.7 Å². The quantitative estimate of drug-likeness (QED) is 0.829. The molecular weight excluding hydrogens is 322 g/mol. The zero-order chi connectivity index (χ0) is 18.2. The maximum absolute atomic E-state index is 12.2. The number of ether oxygens (including phenoxy) is 2. The molecule has 0 aliphatic heterocycles. The van der Waals surface area contributed by atoms with Crippen LogP contribution in [-0.2, 0) is 16.1 Å². The predicted octanol–water partition coefficient (Wildman–Crippen LogP) is 1.77. The molecule has 0 atom stereocenters. The van der Waals surface area contributed by atoms with Gasteiger partial charge in [-0.2, -0.15) is 0 Å². The summed E-state index contributed by atoms with van der Waals surface area (Å²) in [6.07, 6.45) is 3.34. The van der Waals surface area contributed by atoms with Crippen molar-refractivity contribution >= 4 is 17.5 Å². The molecule has 0 unspecified atom stereocenters. The van der Waals surface area contributed by atoms with E-state index in [0.717, 1.165) is 5.56 Å². The van der Waals surface area contributed by atoms with E-state index in [-0.39, 0.29) is 18.4 Å². The standard InChI is InChI=1S/C18H21N3O4/c1-13(22)21(16-7-6-15(24-2)9-17(16)25-3)12-18(23)20-11-14-5-4-8-19-10-14/h4-10H,11-12H2,1-3H3,(H,20,23). The molecule has 0 aliphatic carbocycles. The predicted molar refractivity (Wildman–Crippen MR) is 93.7 cm³/mol. The minimum atomic E-state index is -0.281. The highest BCUT2D eigenvalue weighted by Gasteiger charge is 2.20. The van der Waals surface area contributed by atoms with Gasteiger partial charge in [0, 0.05) is 31.9 Å². The fraction of sp³-hybridized carbons (Fsp3) is 0.278. The molecule has 2 aromatic rings. The largest absolute Gasteiger partial charge is 0.497 e. The number of carbonyl (C=O) groups excluding carboxylic acids is 2. The molecule has 0 aliphatic rings. The molecule has 2 amide bonds. The number of aromatic nitrogens is 1. The summed E-state index contributed by atoms with van der Waals surface area (Å²) < 4.78 is 10.5. The number of benzene rings is 1. The topological polar surface area (TPSA) is 80.8 Å². The Bertz CT molecular complexity index is 734. The van der Waals surface area contributed by atoms with Gasteiger partial charge in [-0.15, -0.1) is 0 Å². The first-order valence-electron chi connectivity index (χ1n) is 7.71. The van der Waals surface area contributed by atoms with Gasteiger partial charge in [-0.25, -0.2) is 0 Å². The van der Waals surface area contributed by atoms with Crippen LogP contribution in [0.2, 0.25) is 0 Å². The van der Waals surface area contributed by atoms with Crippen molar-refractivity contribution in [1.82, 2.24) is 10.3 Å². The van der Waals surface area contributed by atoms with E-state index < -0.39 is 0 Å². The fourth-order valence-electron chi connectivity index (χ4n) is 2.28. The smallest absolute Gasteiger partial charge is 0.240 e. The van der Waals surface area contributed by atoms with Crippen LogP contribution in [0.4, 0.5) is 5.69 Å². The first-order chi connectivity index (χ1) is 12.0. The maximum atomic E-state index is 12.2. The van der Waals surface area contributed by atoms with Crippen LogP contribution in [0.1, 0.15) is 12.5 Å². The van der Waals surface area contributed by atoms with Crippen molar-refractivity contribution in [2.45, 2.75) is 13.5 Å². The Balaban J connectivity index is 2.10. The molecular formula is C18H21N3O4. The molecule has 7 nitrogen and oxygen atoms in total. The SMILES string of the molecule is COc1ccc(N(CC(=O)NCc2cccnc2)C(C)=O)c(OC)c1. The summed E-state index contributed by atoms with van der Waals surface area (Å²) >= 11 is 0. The molecule has 1 heterocycles. The lowest BCUT2D eigenvalue weighted by molar-refractivity contribution is -0.123. The van der Waals surface area contributed by atoms with Gasteiger partial charge in [0.1, 0.15) is 18.0 Å². The van der Waals surface area contributed by atoms with Crippen LogP contribution in [0.25, 0.3) is 0 Å². The fourth-order valence-corrected chi connectivity index (χ4v) is 2.28. The highest BCUT2D eigenvalue weighted by molar-refractivity contribution is 5.98. The average molecular weight is 343 g/mol. The second-order valence-corrected chi connectivity index (χ2v) is 5.28. The first kappa shape index (κ1) is 18.3. The van der Waals surface area contributed by atoms with Crippen molar-refractivity contribution in [2.24, 2.45) is 0 Å².